The van der Waals surface area contributed by atoms with Crippen molar-refractivity contribution in [3.05, 3.63) is 52.8 Å². The zero-order valence-corrected chi connectivity index (χ0v) is 19.6. The minimum atomic E-state index is -0.903. The maximum atomic E-state index is 13.2. The fraction of sp³-hybridized carbons (Fsp3) is 0.304. The Labute approximate surface area is 205 Å². The van der Waals surface area contributed by atoms with Crippen molar-refractivity contribution in [3.8, 4) is 11.5 Å². The lowest BCUT2D eigenvalue weighted by molar-refractivity contribution is -0.139. The number of amides is 3. The molecule has 3 amide bonds. The predicted molar refractivity (Wildman–Crippen MR) is 126 cm³/mol. The van der Waals surface area contributed by atoms with Crippen LogP contribution < -0.4 is 25.5 Å². The van der Waals surface area contributed by atoms with Crippen LogP contribution >= 0.6 is 11.6 Å². The highest BCUT2D eigenvalue weighted by Gasteiger charge is 2.19. The summed E-state index contributed by atoms with van der Waals surface area (Å²) >= 11 is 5.70. The number of hydrogen-bond donors (Lipinski definition) is 3. The van der Waals surface area contributed by atoms with Gasteiger partial charge in [0.2, 0.25) is 0 Å². The summed E-state index contributed by atoms with van der Waals surface area (Å²) in [6.45, 7) is 0.586. The molecule has 1 heterocycles. The third-order valence-corrected chi connectivity index (χ3v) is 5.14. The van der Waals surface area contributed by atoms with Crippen molar-refractivity contribution in [2.75, 3.05) is 32.2 Å². The summed E-state index contributed by atoms with van der Waals surface area (Å²) in [5, 5.41) is 8.70. The second-order valence-corrected chi connectivity index (χ2v) is 7.83. The van der Waals surface area contributed by atoms with Gasteiger partial charge in [-0.1, -0.05) is 11.6 Å². The first-order valence-corrected chi connectivity index (χ1v) is 11.0. The van der Waals surface area contributed by atoms with E-state index in [9.17, 15) is 18.8 Å². The molecule has 3 N–H and O–H groups in total. The van der Waals surface area contributed by atoms with Gasteiger partial charge in [-0.3, -0.25) is 14.4 Å². The highest BCUT2D eigenvalue weighted by molar-refractivity contribution is 6.35. The van der Waals surface area contributed by atoms with E-state index in [2.05, 4.69) is 21.2 Å². The van der Waals surface area contributed by atoms with Gasteiger partial charge in [-0.15, -0.1) is 0 Å². The maximum absolute atomic E-state index is 13.2. The molecule has 0 spiro atoms. The minimum Gasteiger partial charge on any atom is -0.493 e. The Bertz CT molecular complexity index is 1110. The third kappa shape index (κ3) is 7.94. The van der Waals surface area contributed by atoms with Gasteiger partial charge >= 0.3 is 11.8 Å². The molecular weight excluding hydrogens is 483 g/mol. The molecule has 0 bridgehead atoms. The summed E-state index contributed by atoms with van der Waals surface area (Å²) in [4.78, 5) is 35.8. The van der Waals surface area contributed by atoms with E-state index in [1.807, 2.05) is 0 Å². The number of hydrazone groups is 1. The zero-order valence-electron chi connectivity index (χ0n) is 18.8. The van der Waals surface area contributed by atoms with E-state index in [0.29, 0.717) is 23.6 Å². The summed E-state index contributed by atoms with van der Waals surface area (Å²) in [7, 11) is 1.42. The number of carbonyl (C=O) groups excluding carboxylic acids is 3. The van der Waals surface area contributed by atoms with Crippen molar-refractivity contribution in [2.45, 2.75) is 18.9 Å². The highest BCUT2D eigenvalue weighted by atomic mass is 35.5. The van der Waals surface area contributed by atoms with E-state index in [-0.39, 0.29) is 30.0 Å². The van der Waals surface area contributed by atoms with Crippen LogP contribution in [0.2, 0.25) is 5.02 Å². The topological polar surface area (TPSA) is 127 Å². The average Bonchev–Trinajstić information content (AvgIpc) is 3.37. The number of carbonyl (C=O) groups is 3. The Morgan fingerprint density at radius 1 is 1.20 bits per heavy atom. The smallest absolute Gasteiger partial charge is 0.329 e. The Balaban J connectivity index is 1.48. The van der Waals surface area contributed by atoms with Gasteiger partial charge in [-0.05, 0) is 54.8 Å². The molecule has 0 saturated carbocycles. The Morgan fingerprint density at radius 2 is 2.03 bits per heavy atom. The number of anilines is 1. The van der Waals surface area contributed by atoms with E-state index in [1.165, 1.54) is 25.5 Å². The molecule has 0 radical (unpaired) electrons. The van der Waals surface area contributed by atoms with E-state index < -0.39 is 23.5 Å². The molecule has 35 heavy (non-hydrogen) atoms. The van der Waals surface area contributed by atoms with Crippen molar-refractivity contribution in [3.63, 3.8) is 0 Å². The van der Waals surface area contributed by atoms with Crippen molar-refractivity contribution < 1.29 is 33.0 Å². The van der Waals surface area contributed by atoms with E-state index in [4.69, 9.17) is 25.8 Å². The lowest BCUT2D eigenvalue weighted by Crippen LogP contribution is -2.41. The van der Waals surface area contributed by atoms with Crippen molar-refractivity contribution in [1.29, 1.82) is 0 Å². The van der Waals surface area contributed by atoms with Gasteiger partial charge in [-0.25, -0.2) is 9.82 Å². The first-order valence-electron chi connectivity index (χ1n) is 10.6. The molecule has 1 atom stereocenters. The minimum absolute atomic E-state index is 0.0732. The number of halogens is 2. The lowest BCUT2D eigenvalue weighted by Gasteiger charge is -2.12. The fourth-order valence-corrected chi connectivity index (χ4v) is 3.29. The molecule has 1 aliphatic heterocycles. The largest absolute Gasteiger partial charge is 0.493 e. The summed E-state index contributed by atoms with van der Waals surface area (Å²) < 4.78 is 29.4. The standard InChI is InChI=1S/C23H24ClFN4O6/c1-33-20-9-14(11-27-29-23(32)22(31)26-12-16-3-2-8-34-16)4-7-19(20)35-13-21(30)28-15-5-6-18(25)17(24)10-15/h4-7,9-11,16H,2-3,8,12-13H2,1H3,(H,26,31)(H,28,30)(H,29,32)/b27-11-/t16-/m0/s1. The van der Waals surface area contributed by atoms with Crippen LogP contribution in [0.15, 0.2) is 41.5 Å². The first-order chi connectivity index (χ1) is 16.9. The third-order valence-electron chi connectivity index (χ3n) is 4.85. The summed E-state index contributed by atoms with van der Waals surface area (Å²) in [6, 6.07) is 8.54. The molecule has 12 heteroatoms. The molecule has 3 rings (SSSR count). The van der Waals surface area contributed by atoms with Crippen molar-refractivity contribution in [1.82, 2.24) is 10.7 Å². The lowest BCUT2D eigenvalue weighted by atomic mass is 10.2. The molecule has 10 nitrogen and oxygen atoms in total. The molecular formula is C23H24ClFN4O6. The number of nitrogens with zero attached hydrogens (tertiary/aromatic N) is 1. The van der Waals surface area contributed by atoms with E-state index in [0.717, 1.165) is 18.9 Å². The van der Waals surface area contributed by atoms with Gasteiger partial charge in [0, 0.05) is 18.8 Å². The monoisotopic (exact) mass is 506 g/mol. The number of ether oxygens (including phenoxy) is 3. The van der Waals surface area contributed by atoms with E-state index in [1.54, 1.807) is 18.2 Å². The molecule has 0 aliphatic carbocycles. The van der Waals surface area contributed by atoms with Crippen LogP contribution in [0, 0.1) is 5.82 Å². The number of methoxy groups -OCH3 is 1. The molecule has 1 saturated heterocycles. The van der Waals surface area contributed by atoms with Gasteiger partial charge in [0.25, 0.3) is 5.91 Å². The molecule has 1 fully saturated rings. The Kier molecular flexibility index (Phi) is 9.39. The Morgan fingerprint density at radius 3 is 2.74 bits per heavy atom. The van der Waals surface area contributed by atoms with E-state index >= 15 is 0 Å². The van der Waals surface area contributed by atoms with Gasteiger partial charge in [0.05, 0.1) is 24.5 Å². The zero-order chi connectivity index (χ0) is 25.2. The van der Waals surface area contributed by atoms with Crippen LogP contribution in [0.5, 0.6) is 11.5 Å². The maximum Gasteiger partial charge on any atom is 0.329 e. The molecule has 186 valence electrons. The molecule has 2 aromatic rings. The van der Waals surface area contributed by atoms with Crippen LogP contribution in [0.25, 0.3) is 0 Å². The second-order valence-electron chi connectivity index (χ2n) is 7.42. The molecule has 2 aromatic carbocycles. The molecule has 0 aromatic heterocycles. The van der Waals surface area contributed by atoms with Crippen LogP contribution in [0.3, 0.4) is 0 Å². The number of rotatable bonds is 9. The average molecular weight is 507 g/mol. The Hall–Kier alpha value is -3.70. The molecule has 1 aliphatic rings. The normalized spacial score (nSPS) is 15.0. The quantitative estimate of drug-likeness (QED) is 0.272. The molecule has 0 unspecified atom stereocenters. The number of benzene rings is 2. The van der Waals surface area contributed by atoms with Crippen LogP contribution in [0.4, 0.5) is 10.1 Å². The van der Waals surface area contributed by atoms with Crippen LogP contribution in [0.1, 0.15) is 18.4 Å². The number of nitrogens with one attached hydrogen (secondary N) is 3. The second kappa shape index (κ2) is 12.7. The fourth-order valence-electron chi connectivity index (χ4n) is 3.11. The first kappa shape index (κ1) is 25.9. The summed E-state index contributed by atoms with van der Waals surface area (Å²) in [6.07, 6.45) is 3.02. The van der Waals surface area contributed by atoms with Crippen molar-refractivity contribution >= 4 is 41.2 Å². The van der Waals surface area contributed by atoms with Gasteiger partial charge in [0.15, 0.2) is 18.1 Å². The van der Waals surface area contributed by atoms with Gasteiger partial charge in [0.1, 0.15) is 5.82 Å². The summed E-state index contributed by atoms with van der Waals surface area (Å²) in [5.41, 5.74) is 3.02. The van der Waals surface area contributed by atoms with Gasteiger partial charge in [-0.2, -0.15) is 5.10 Å². The van der Waals surface area contributed by atoms with Crippen LogP contribution in [-0.4, -0.2) is 56.9 Å². The highest BCUT2D eigenvalue weighted by Crippen LogP contribution is 2.27. The SMILES string of the molecule is COc1cc(/C=N\NC(=O)C(=O)NC[C@@H]2CCCO2)ccc1OCC(=O)Nc1ccc(F)c(Cl)c1. The summed E-state index contributed by atoms with van der Waals surface area (Å²) in [5.74, 6) is -2.19. The van der Waals surface area contributed by atoms with Crippen molar-refractivity contribution in [2.24, 2.45) is 5.10 Å². The predicted octanol–water partition coefficient (Wildman–Crippen LogP) is 2.25. The van der Waals surface area contributed by atoms with Gasteiger partial charge < -0.3 is 24.8 Å². The van der Waals surface area contributed by atoms with Crippen LogP contribution in [-0.2, 0) is 19.1 Å². The number of hydrogen-bond acceptors (Lipinski definition) is 7.